The van der Waals surface area contributed by atoms with Gasteiger partial charge in [-0.3, -0.25) is 0 Å². The maximum Gasteiger partial charge on any atom is 0.407 e. The van der Waals surface area contributed by atoms with Crippen LogP contribution in [-0.4, -0.2) is 34.9 Å². The molecule has 0 spiro atoms. The predicted molar refractivity (Wildman–Crippen MR) is 189 cm³/mol. The molecule has 5 rings (SSSR count). The van der Waals surface area contributed by atoms with E-state index in [1.165, 1.54) is 0 Å². The second kappa shape index (κ2) is 13.2. The number of hydrogen-bond acceptors (Lipinski definition) is 5. The molecule has 0 bridgehead atoms. The van der Waals surface area contributed by atoms with Gasteiger partial charge in [0.15, 0.2) is 5.75 Å². The first-order valence-electron chi connectivity index (χ1n) is 12.3. The summed E-state index contributed by atoms with van der Waals surface area (Å²) in [5, 5.41) is 22.4. The van der Waals surface area contributed by atoms with Crippen LogP contribution in [0, 0.1) is 14.3 Å². The van der Waals surface area contributed by atoms with Crippen LogP contribution in [0.25, 0.3) is 11.1 Å². The third-order valence-corrected chi connectivity index (χ3v) is 9.89. The number of nitrogens with one attached hydrogen (secondary N) is 1. The van der Waals surface area contributed by atoms with Crippen LogP contribution in [-0.2, 0) is 16.0 Å². The van der Waals surface area contributed by atoms with Gasteiger partial charge in [0, 0.05) is 12.3 Å². The molecule has 0 unspecified atom stereocenters. The lowest BCUT2D eigenvalue weighted by molar-refractivity contribution is -0.139. The molecule has 4 aromatic rings. The number of benzene rings is 4. The highest BCUT2D eigenvalue weighted by atomic mass is 127. The molecule has 0 radical (unpaired) electrons. The van der Waals surface area contributed by atoms with Crippen molar-refractivity contribution in [2.24, 2.45) is 0 Å². The molecule has 0 saturated heterocycles. The third-order valence-electron chi connectivity index (χ3n) is 6.64. The number of amides is 1. The van der Waals surface area contributed by atoms with Crippen molar-refractivity contribution in [2.75, 3.05) is 6.61 Å². The molecule has 7 nitrogen and oxygen atoms in total. The van der Waals surface area contributed by atoms with Crippen LogP contribution in [0.2, 0.25) is 0 Å². The Balaban J connectivity index is 1.26. The Kier molecular flexibility index (Phi) is 9.85. The Morgan fingerprint density at radius 3 is 1.90 bits per heavy atom. The predicted octanol–water partition coefficient (Wildman–Crippen LogP) is 8.14. The lowest BCUT2D eigenvalue weighted by Crippen LogP contribution is -2.43. The number of carboxylic acid groups (broad SMARTS) is 1. The van der Waals surface area contributed by atoms with Crippen molar-refractivity contribution in [3.63, 3.8) is 0 Å². The summed E-state index contributed by atoms with van der Waals surface area (Å²) in [5.41, 5.74) is 5.13. The average molecular weight is 999 g/mol. The molecule has 0 aromatic heterocycles. The first-order chi connectivity index (χ1) is 19.6. The Morgan fingerprint density at radius 1 is 0.829 bits per heavy atom. The van der Waals surface area contributed by atoms with Crippen molar-refractivity contribution >= 4 is 102 Å². The van der Waals surface area contributed by atoms with Gasteiger partial charge in [-0.05, 0) is 142 Å². The summed E-state index contributed by atoms with van der Waals surface area (Å²) in [4.78, 5) is 24.8. The summed E-state index contributed by atoms with van der Waals surface area (Å²) in [6.45, 7) is 0.100. The van der Waals surface area contributed by atoms with Crippen LogP contribution in [0.3, 0.4) is 0 Å². The molecule has 0 saturated carbocycles. The zero-order chi connectivity index (χ0) is 29.3. The molecular formula is C30H21I4NO6. The van der Waals surface area contributed by atoms with Crippen LogP contribution in [0.5, 0.6) is 17.2 Å². The number of alkyl carbamates (subject to hydrolysis) is 1. The van der Waals surface area contributed by atoms with Gasteiger partial charge in [0.05, 0.1) is 14.3 Å². The lowest BCUT2D eigenvalue weighted by atomic mass is 9.98. The summed E-state index contributed by atoms with van der Waals surface area (Å²) in [7, 11) is 0. The van der Waals surface area contributed by atoms with Crippen LogP contribution in [0.4, 0.5) is 4.79 Å². The number of carbonyl (C=O) groups excluding carboxylic acids is 1. The SMILES string of the molecule is O=C(N[C@H](Cc1cc(I)c(Oc2cc(I)c(O)c(I)c2)c(I)c1)C(=O)O)OCC1c2ccccc2-c2ccccc21. The van der Waals surface area contributed by atoms with Gasteiger partial charge in [-0.25, -0.2) is 9.59 Å². The van der Waals surface area contributed by atoms with E-state index in [4.69, 9.17) is 9.47 Å². The summed E-state index contributed by atoms with van der Waals surface area (Å²) < 4.78 is 14.6. The molecule has 0 aliphatic heterocycles. The van der Waals surface area contributed by atoms with E-state index in [0.29, 0.717) is 18.6 Å². The fourth-order valence-corrected chi connectivity index (χ4v) is 8.59. The van der Waals surface area contributed by atoms with Crippen molar-refractivity contribution in [3.8, 4) is 28.4 Å². The van der Waals surface area contributed by atoms with Crippen molar-refractivity contribution < 1.29 is 29.3 Å². The number of aromatic hydroxyl groups is 1. The first-order valence-corrected chi connectivity index (χ1v) is 16.6. The monoisotopic (exact) mass is 999 g/mol. The van der Waals surface area contributed by atoms with Gasteiger partial charge in [-0.15, -0.1) is 0 Å². The second-order valence-corrected chi connectivity index (χ2v) is 13.9. The van der Waals surface area contributed by atoms with Gasteiger partial charge in [-0.2, -0.15) is 0 Å². The third kappa shape index (κ3) is 6.87. The van der Waals surface area contributed by atoms with Gasteiger partial charge in [0.1, 0.15) is 24.1 Å². The topological polar surface area (TPSA) is 105 Å². The maximum atomic E-state index is 12.8. The van der Waals surface area contributed by atoms with E-state index in [2.05, 4.69) is 62.6 Å². The van der Waals surface area contributed by atoms with Crippen molar-refractivity contribution in [1.29, 1.82) is 0 Å². The summed E-state index contributed by atoms with van der Waals surface area (Å²) >= 11 is 8.39. The number of aliphatic carboxylic acids is 1. The Bertz CT molecular complexity index is 1570. The van der Waals surface area contributed by atoms with E-state index in [-0.39, 0.29) is 24.7 Å². The van der Waals surface area contributed by atoms with E-state index in [0.717, 1.165) is 35.0 Å². The maximum absolute atomic E-state index is 12.8. The van der Waals surface area contributed by atoms with Gasteiger partial charge >= 0.3 is 12.1 Å². The molecule has 1 amide bonds. The van der Waals surface area contributed by atoms with Crippen LogP contribution >= 0.6 is 90.4 Å². The number of hydrogen-bond donors (Lipinski definition) is 3. The average Bonchev–Trinajstić information content (AvgIpc) is 3.25. The summed E-state index contributed by atoms with van der Waals surface area (Å²) in [6, 6.07) is 22.1. The van der Waals surface area contributed by atoms with Gasteiger partial charge < -0.3 is 25.0 Å². The molecule has 11 heteroatoms. The molecule has 1 atom stereocenters. The zero-order valence-electron chi connectivity index (χ0n) is 21.0. The molecule has 4 aromatic carbocycles. The number of phenols is 1. The number of carbonyl (C=O) groups is 2. The molecule has 3 N–H and O–H groups in total. The Morgan fingerprint density at radius 2 is 1.37 bits per heavy atom. The van der Waals surface area contributed by atoms with Crippen molar-refractivity contribution in [3.05, 3.63) is 104 Å². The molecule has 1 aliphatic carbocycles. The highest BCUT2D eigenvalue weighted by Crippen LogP contribution is 2.44. The van der Waals surface area contributed by atoms with E-state index in [1.54, 1.807) is 12.1 Å². The molecular weight excluding hydrogens is 978 g/mol. The summed E-state index contributed by atoms with van der Waals surface area (Å²) in [5.74, 6) is 0.149. The Hall–Kier alpha value is -1.86. The molecule has 210 valence electrons. The van der Waals surface area contributed by atoms with Crippen LogP contribution in [0.1, 0.15) is 22.6 Å². The molecule has 0 fully saturated rings. The zero-order valence-corrected chi connectivity index (χ0v) is 29.7. The van der Waals surface area contributed by atoms with Gasteiger partial charge in [0.2, 0.25) is 0 Å². The van der Waals surface area contributed by atoms with Gasteiger partial charge in [0.25, 0.3) is 0 Å². The van der Waals surface area contributed by atoms with E-state index < -0.39 is 18.1 Å². The number of fused-ring (bicyclic) bond motifs is 3. The number of phenolic OH excluding ortho intramolecular Hbond substituents is 1. The quantitative estimate of drug-likeness (QED) is 0.154. The number of carboxylic acids is 1. The van der Waals surface area contributed by atoms with Crippen LogP contribution < -0.4 is 10.1 Å². The Labute approximate surface area is 291 Å². The largest absolute Gasteiger partial charge is 0.506 e. The number of rotatable bonds is 8. The van der Waals surface area contributed by atoms with Crippen molar-refractivity contribution in [2.45, 2.75) is 18.4 Å². The van der Waals surface area contributed by atoms with E-state index in [1.807, 2.05) is 93.7 Å². The highest BCUT2D eigenvalue weighted by molar-refractivity contribution is 14.1. The molecule has 41 heavy (non-hydrogen) atoms. The minimum atomic E-state index is -1.18. The fourth-order valence-electron chi connectivity index (χ4n) is 4.76. The highest BCUT2D eigenvalue weighted by Gasteiger charge is 2.30. The normalized spacial score (nSPS) is 12.8. The smallest absolute Gasteiger partial charge is 0.407 e. The summed E-state index contributed by atoms with van der Waals surface area (Å²) in [6.07, 6.45) is -0.707. The standard InChI is InChI=1S/C30H21I4NO6/c31-22-12-16(13-23(32)27(22)36)41-28-24(33)9-15(10-25(28)34)11-26(29(37)38)35-30(39)40-14-21-19-7-3-1-5-17(19)18-6-2-4-8-20(18)21/h1-10,12-13,21,26,36H,11,14H2,(H,35,39)(H,37,38)/t26-/m1/s1. The van der Waals surface area contributed by atoms with E-state index in [9.17, 15) is 19.8 Å². The molecule has 1 aliphatic rings. The van der Waals surface area contributed by atoms with E-state index >= 15 is 0 Å². The van der Waals surface area contributed by atoms with Gasteiger partial charge in [-0.1, -0.05) is 48.5 Å². The fraction of sp³-hybridized carbons (Fsp3) is 0.133. The minimum Gasteiger partial charge on any atom is -0.506 e. The number of halogens is 4. The first kappa shape index (κ1) is 30.6. The lowest BCUT2D eigenvalue weighted by Gasteiger charge is -2.18. The van der Waals surface area contributed by atoms with Crippen molar-refractivity contribution in [1.82, 2.24) is 5.32 Å². The molecule has 0 heterocycles. The second-order valence-electron chi connectivity index (χ2n) is 9.29. The minimum absolute atomic E-state index is 0.0703. The van der Waals surface area contributed by atoms with Crippen LogP contribution in [0.15, 0.2) is 72.8 Å². The number of ether oxygens (including phenoxy) is 2.